The first-order valence-electron chi connectivity index (χ1n) is 9.43. The van der Waals surface area contributed by atoms with Gasteiger partial charge in [-0.1, -0.05) is 60.1 Å². The summed E-state index contributed by atoms with van der Waals surface area (Å²) in [6, 6.07) is 28.9. The molecule has 146 valence electrons. The highest BCUT2D eigenvalue weighted by Gasteiger charge is 2.19. The molecule has 5 heteroatoms. The molecule has 0 aliphatic carbocycles. The SMILES string of the molecule is O=C(Nc1ccc(Oc2ccccc2)cc1)c1sc2ccc3ccccc3c2c1Cl. The van der Waals surface area contributed by atoms with Crippen LogP contribution in [0.25, 0.3) is 20.9 Å². The summed E-state index contributed by atoms with van der Waals surface area (Å²) in [5.41, 5.74) is 0.679. The molecule has 1 amide bonds. The Hall–Kier alpha value is -3.34. The van der Waals surface area contributed by atoms with E-state index >= 15 is 0 Å². The Morgan fingerprint density at radius 2 is 1.50 bits per heavy atom. The molecule has 0 saturated heterocycles. The molecule has 0 aliphatic rings. The smallest absolute Gasteiger partial charge is 0.267 e. The van der Waals surface area contributed by atoms with E-state index in [1.165, 1.54) is 11.3 Å². The third-order valence-corrected chi connectivity index (χ3v) is 6.46. The number of para-hydroxylation sites is 1. The van der Waals surface area contributed by atoms with Crippen molar-refractivity contribution in [3.05, 3.63) is 101 Å². The Balaban J connectivity index is 1.39. The molecule has 0 fully saturated rings. The van der Waals surface area contributed by atoms with Crippen LogP contribution in [0.5, 0.6) is 11.5 Å². The minimum atomic E-state index is -0.220. The molecule has 1 aromatic heterocycles. The van der Waals surface area contributed by atoms with Gasteiger partial charge >= 0.3 is 0 Å². The van der Waals surface area contributed by atoms with Gasteiger partial charge in [-0.3, -0.25) is 4.79 Å². The first-order chi connectivity index (χ1) is 14.7. The number of ether oxygens (including phenoxy) is 1. The maximum absolute atomic E-state index is 12.9. The van der Waals surface area contributed by atoms with Crippen molar-refractivity contribution in [2.75, 3.05) is 5.32 Å². The van der Waals surface area contributed by atoms with E-state index in [0.717, 1.165) is 26.6 Å². The average molecular weight is 430 g/mol. The van der Waals surface area contributed by atoms with Crippen LogP contribution in [0.15, 0.2) is 91.0 Å². The third kappa shape index (κ3) is 3.52. The summed E-state index contributed by atoms with van der Waals surface area (Å²) in [4.78, 5) is 13.4. The molecule has 4 aromatic carbocycles. The highest BCUT2D eigenvalue weighted by molar-refractivity contribution is 7.22. The Morgan fingerprint density at radius 3 is 2.30 bits per heavy atom. The second kappa shape index (κ2) is 7.82. The van der Waals surface area contributed by atoms with E-state index in [9.17, 15) is 4.79 Å². The van der Waals surface area contributed by atoms with Crippen LogP contribution in [-0.2, 0) is 0 Å². The number of hydrogen-bond donors (Lipinski definition) is 1. The number of halogens is 1. The van der Waals surface area contributed by atoms with E-state index in [0.29, 0.717) is 21.3 Å². The first kappa shape index (κ1) is 18.7. The van der Waals surface area contributed by atoms with Gasteiger partial charge in [0.2, 0.25) is 0 Å². The van der Waals surface area contributed by atoms with Crippen molar-refractivity contribution >= 4 is 55.4 Å². The number of fused-ring (bicyclic) bond motifs is 3. The minimum Gasteiger partial charge on any atom is -0.457 e. The molecule has 0 radical (unpaired) electrons. The van der Waals surface area contributed by atoms with Crippen LogP contribution >= 0.6 is 22.9 Å². The van der Waals surface area contributed by atoms with Gasteiger partial charge in [-0.25, -0.2) is 0 Å². The molecule has 0 spiro atoms. The van der Waals surface area contributed by atoms with Crippen molar-refractivity contribution in [3.8, 4) is 11.5 Å². The van der Waals surface area contributed by atoms with Gasteiger partial charge in [-0.15, -0.1) is 11.3 Å². The summed E-state index contributed by atoms with van der Waals surface area (Å²) >= 11 is 8.04. The third-order valence-electron chi connectivity index (χ3n) is 4.82. The van der Waals surface area contributed by atoms with Crippen LogP contribution in [0.2, 0.25) is 5.02 Å². The average Bonchev–Trinajstić information content (AvgIpc) is 3.13. The molecule has 5 aromatic rings. The van der Waals surface area contributed by atoms with E-state index in [-0.39, 0.29) is 5.91 Å². The van der Waals surface area contributed by atoms with Gasteiger partial charge in [-0.05, 0) is 53.2 Å². The van der Waals surface area contributed by atoms with Crippen molar-refractivity contribution in [1.82, 2.24) is 0 Å². The lowest BCUT2D eigenvalue weighted by Crippen LogP contribution is -2.10. The number of hydrogen-bond acceptors (Lipinski definition) is 3. The molecule has 1 N–H and O–H groups in total. The highest BCUT2D eigenvalue weighted by atomic mass is 35.5. The minimum absolute atomic E-state index is 0.220. The zero-order chi connectivity index (χ0) is 20.5. The van der Waals surface area contributed by atoms with E-state index in [4.69, 9.17) is 16.3 Å². The van der Waals surface area contributed by atoms with Crippen molar-refractivity contribution in [2.45, 2.75) is 0 Å². The van der Waals surface area contributed by atoms with Crippen LogP contribution in [0.3, 0.4) is 0 Å². The number of benzene rings is 4. The van der Waals surface area contributed by atoms with Gasteiger partial charge in [0.05, 0.1) is 5.02 Å². The van der Waals surface area contributed by atoms with Gasteiger partial charge in [0.25, 0.3) is 5.91 Å². The number of amides is 1. The van der Waals surface area contributed by atoms with E-state index < -0.39 is 0 Å². The lowest BCUT2D eigenvalue weighted by molar-refractivity contribution is 0.103. The molecule has 0 unspecified atom stereocenters. The fraction of sp³-hybridized carbons (Fsp3) is 0. The zero-order valence-electron chi connectivity index (χ0n) is 15.8. The summed E-state index contributed by atoms with van der Waals surface area (Å²) in [7, 11) is 0. The zero-order valence-corrected chi connectivity index (χ0v) is 17.3. The predicted molar refractivity (Wildman–Crippen MR) is 125 cm³/mol. The summed E-state index contributed by atoms with van der Waals surface area (Å²) < 4.78 is 6.79. The summed E-state index contributed by atoms with van der Waals surface area (Å²) in [6.07, 6.45) is 0. The van der Waals surface area contributed by atoms with Gasteiger partial charge in [0.15, 0.2) is 0 Å². The van der Waals surface area contributed by atoms with E-state index in [2.05, 4.69) is 11.4 Å². The van der Waals surface area contributed by atoms with Crippen molar-refractivity contribution in [3.63, 3.8) is 0 Å². The van der Waals surface area contributed by atoms with E-state index in [1.807, 2.05) is 84.9 Å². The standard InChI is InChI=1S/C25H16ClNO2S/c26-23-22-20-9-5-4-6-16(20)10-15-21(22)30-24(23)25(28)27-17-11-13-19(14-12-17)29-18-7-2-1-3-8-18/h1-15H,(H,27,28). The fourth-order valence-corrected chi connectivity index (χ4v) is 4.86. The molecule has 0 saturated carbocycles. The normalized spacial score (nSPS) is 11.0. The number of carbonyl (C=O) groups is 1. The van der Waals surface area contributed by atoms with Gasteiger partial charge in [0.1, 0.15) is 16.4 Å². The number of anilines is 1. The Labute approximate surface area is 182 Å². The van der Waals surface area contributed by atoms with E-state index in [1.54, 1.807) is 0 Å². The maximum Gasteiger partial charge on any atom is 0.267 e. The molecule has 0 bridgehead atoms. The summed E-state index contributed by atoms with van der Waals surface area (Å²) in [5, 5.41) is 6.51. The molecule has 0 atom stereocenters. The maximum atomic E-state index is 12.9. The topological polar surface area (TPSA) is 38.3 Å². The monoisotopic (exact) mass is 429 g/mol. The largest absolute Gasteiger partial charge is 0.457 e. The van der Waals surface area contributed by atoms with Crippen molar-refractivity contribution < 1.29 is 9.53 Å². The Kier molecular flexibility index (Phi) is 4.87. The van der Waals surface area contributed by atoms with Crippen LogP contribution < -0.4 is 10.1 Å². The number of rotatable bonds is 4. The fourth-order valence-electron chi connectivity index (χ4n) is 3.40. The van der Waals surface area contributed by atoms with Gasteiger partial charge in [0, 0.05) is 15.8 Å². The van der Waals surface area contributed by atoms with Crippen LogP contribution in [0.1, 0.15) is 9.67 Å². The number of thiophene rings is 1. The van der Waals surface area contributed by atoms with Crippen molar-refractivity contribution in [1.29, 1.82) is 0 Å². The Morgan fingerprint density at radius 1 is 0.800 bits per heavy atom. The highest BCUT2D eigenvalue weighted by Crippen LogP contribution is 2.40. The summed E-state index contributed by atoms with van der Waals surface area (Å²) in [5.74, 6) is 1.24. The number of nitrogens with one attached hydrogen (secondary N) is 1. The first-order valence-corrected chi connectivity index (χ1v) is 10.6. The van der Waals surface area contributed by atoms with Gasteiger partial charge in [-0.2, -0.15) is 0 Å². The lowest BCUT2D eigenvalue weighted by Gasteiger charge is -2.07. The number of carbonyl (C=O) groups excluding carboxylic acids is 1. The molecule has 30 heavy (non-hydrogen) atoms. The van der Waals surface area contributed by atoms with Crippen molar-refractivity contribution in [2.24, 2.45) is 0 Å². The quantitative estimate of drug-likeness (QED) is 0.317. The molecular formula is C25H16ClNO2S. The second-order valence-corrected chi connectivity index (χ2v) is 8.23. The predicted octanol–water partition coefficient (Wildman–Crippen LogP) is 7.75. The molecule has 1 heterocycles. The molecular weight excluding hydrogens is 414 g/mol. The lowest BCUT2D eigenvalue weighted by atomic mass is 10.1. The van der Waals surface area contributed by atoms with Gasteiger partial charge < -0.3 is 10.1 Å². The van der Waals surface area contributed by atoms with Crippen LogP contribution in [0.4, 0.5) is 5.69 Å². The molecule has 5 rings (SSSR count). The van der Waals surface area contributed by atoms with Crippen LogP contribution in [0, 0.1) is 0 Å². The summed E-state index contributed by atoms with van der Waals surface area (Å²) in [6.45, 7) is 0. The Bertz CT molecular complexity index is 1360. The molecule has 3 nitrogen and oxygen atoms in total. The van der Waals surface area contributed by atoms with Crippen LogP contribution in [-0.4, -0.2) is 5.91 Å². The second-order valence-electron chi connectivity index (χ2n) is 6.80. The molecule has 0 aliphatic heterocycles.